The zero-order valence-corrected chi connectivity index (χ0v) is 17.9. The van der Waals surface area contributed by atoms with E-state index in [1.54, 1.807) is 4.90 Å². The predicted molar refractivity (Wildman–Crippen MR) is 120 cm³/mol. The van der Waals surface area contributed by atoms with Gasteiger partial charge in [0, 0.05) is 37.1 Å². The molecule has 2 amide bonds. The highest BCUT2D eigenvalue weighted by Crippen LogP contribution is 2.32. The molecule has 2 aromatic carbocycles. The molecule has 1 saturated heterocycles. The van der Waals surface area contributed by atoms with Gasteiger partial charge in [-0.2, -0.15) is 0 Å². The highest BCUT2D eigenvalue weighted by molar-refractivity contribution is 6.02. The van der Waals surface area contributed by atoms with Crippen LogP contribution < -0.4 is 15.1 Å². The normalized spacial score (nSPS) is 14.0. The Labute approximate surface area is 173 Å². The van der Waals surface area contributed by atoms with E-state index in [0.29, 0.717) is 0 Å². The lowest BCUT2D eigenvalue weighted by atomic mass is 9.85. The molecule has 0 bridgehead atoms. The lowest BCUT2D eigenvalue weighted by Gasteiger charge is -2.29. The molecule has 1 aliphatic rings. The fraction of sp³-hybridized carbons (Fsp3) is 0.417. The van der Waals surface area contributed by atoms with Gasteiger partial charge in [-0.3, -0.25) is 9.59 Å². The van der Waals surface area contributed by atoms with Crippen LogP contribution in [-0.4, -0.2) is 31.4 Å². The first-order valence-corrected chi connectivity index (χ1v) is 10.3. The number of para-hydroxylation sites is 1. The van der Waals surface area contributed by atoms with Crippen LogP contribution >= 0.6 is 0 Å². The second kappa shape index (κ2) is 8.68. The third kappa shape index (κ3) is 5.17. The van der Waals surface area contributed by atoms with E-state index in [0.717, 1.165) is 30.0 Å². The van der Waals surface area contributed by atoms with Gasteiger partial charge in [-0.05, 0) is 54.2 Å². The second-order valence-electron chi connectivity index (χ2n) is 8.66. The smallest absolute Gasteiger partial charge is 0.244 e. The van der Waals surface area contributed by atoms with Gasteiger partial charge in [0.05, 0.1) is 0 Å². The molecule has 0 unspecified atom stereocenters. The number of rotatable bonds is 5. The van der Waals surface area contributed by atoms with Crippen molar-refractivity contribution in [2.75, 3.05) is 34.8 Å². The fourth-order valence-electron chi connectivity index (χ4n) is 3.78. The van der Waals surface area contributed by atoms with Crippen molar-refractivity contribution in [3.63, 3.8) is 0 Å². The quantitative estimate of drug-likeness (QED) is 0.809. The lowest BCUT2D eigenvalue weighted by molar-refractivity contribution is -0.120. The molecule has 3 rings (SSSR count). The molecule has 0 aliphatic carbocycles. The molecule has 2 aromatic rings. The molecule has 5 heteroatoms. The summed E-state index contributed by atoms with van der Waals surface area (Å²) in [7, 11) is 0. The molecule has 154 valence electrons. The van der Waals surface area contributed by atoms with Gasteiger partial charge in [-0.1, -0.05) is 39.0 Å². The van der Waals surface area contributed by atoms with Crippen molar-refractivity contribution < 1.29 is 9.59 Å². The van der Waals surface area contributed by atoms with Gasteiger partial charge in [0.25, 0.3) is 0 Å². The summed E-state index contributed by atoms with van der Waals surface area (Å²) in [5.74, 6) is -0.362. The maximum atomic E-state index is 12.7. The molecule has 0 aromatic heterocycles. The molecule has 0 saturated carbocycles. The standard InChI is InChI=1S/C24H31N3O2/c1-18(28)27(22-10-6-5-9-21(22)24(2,3)4)17-23(29)25-19-11-13-20(14-12-19)26-15-7-8-16-26/h5-6,9-14H,7-8,15-17H2,1-4H3,(H,25,29). The summed E-state index contributed by atoms with van der Waals surface area (Å²) in [4.78, 5) is 28.9. The highest BCUT2D eigenvalue weighted by Gasteiger charge is 2.24. The monoisotopic (exact) mass is 393 g/mol. The number of nitrogens with one attached hydrogen (secondary N) is 1. The van der Waals surface area contributed by atoms with E-state index in [2.05, 4.69) is 31.0 Å². The first-order chi connectivity index (χ1) is 13.8. The van der Waals surface area contributed by atoms with Crippen LogP contribution in [0.15, 0.2) is 48.5 Å². The van der Waals surface area contributed by atoms with Crippen molar-refractivity contribution in [3.05, 3.63) is 54.1 Å². The van der Waals surface area contributed by atoms with Crippen molar-refractivity contribution in [1.29, 1.82) is 0 Å². The van der Waals surface area contributed by atoms with Crippen LogP contribution in [0.25, 0.3) is 0 Å². The van der Waals surface area contributed by atoms with Gasteiger partial charge in [0.15, 0.2) is 0 Å². The topological polar surface area (TPSA) is 52.7 Å². The molecule has 0 spiro atoms. The Morgan fingerprint density at radius 2 is 1.62 bits per heavy atom. The minimum Gasteiger partial charge on any atom is -0.372 e. The number of carbonyl (C=O) groups is 2. The van der Waals surface area contributed by atoms with Crippen molar-refractivity contribution in [1.82, 2.24) is 0 Å². The van der Waals surface area contributed by atoms with E-state index < -0.39 is 0 Å². The predicted octanol–water partition coefficient (Wildman–Crippen LogP) is 4.58. The average molecular weight is 394 g/mol. The first kappa shape index (κ1) is 20.9. The number of hydrogen-bond donors (Lipinski definition) is 1. The van der Waals surface area contributed by atoms with Crippen LogP contribution in [0.3, 0.4) is 0 Å². The third-order valence-corrected chi connectivity index (χ3v) is 5.31. The number of nitrogens with zero attached hydrogens (tertiary/aromatic N) is 2. The Bertz CT molecular complexity index is 862. The number of hydrogen-bond acceptors (Lipinski definition) is 3. The Kier molecular flexibility index (Phi) is 6.26. The maximum absolute atomic E-state index is 12.7. The zero-order chi connectivity index (χ0) is 21.0. The van der Waals surface area contributed by atoms with Crippen LogP contribution in [0.2, 0.25) is 0 Å². The summed E-state index contributed by atoms with van der Waals surface area (Å²) in [6.07, 6.45) is 2.46. The average Bonchev–Trinajstić information content (AvgIpc) is 3.20. The maximum Gasteiger partial charge on any atom is 0.244 e. The number of benzene rings is 2. The molecule has 5 nitrogen and oxygen atoms in total. The number of carbonyl (C=O) groups excluding carboxylic acids is 2. The van der Waals surface area contributed by atoms with Gasteiger partial charge in [0.1, 0.15) is 6.54 Å². The molecule has 1 N–H and O–H groups in total. The number of amides is 2. The summed E-state index contributed by atoms with van der Waals surface area (Å²) < 4.78 is 0. The highest BCUT2D eigenvalue weighted by atomic mass is 16.2. The van der Waals surface area contributed by atoms with Crippen molar-refractivity contribution in [3.8, 4) is 0 Å². The molecular formula is C24H31N3O2. The van der Waals surface area contributed by atoms with Gasteiger partial charge < -0.3 is 15.1 Å². The van der Waals surface area contributed by atoms with Crippen LogP contribution in [0.5, 0.6) is 0 Å². The molecule has 1 fully saturated rings. The Hall–Kier alpha value is -2.82. The largest absolute Gasteiger partial charge is 0.372 e. The Balaban J connectivity index is 1.72. The van der Waals surface area contributed by atoms with E-state index in [1.807, 2.05) is 48.5 Å². The van der Waals surface area contributed by atoms with E-state index in [4.69, 9.17) is 0 Å². The van der Waals surface area contributed by atoms with Gasteiger partial charge in [-0.25, -0.2) is 0 Å². The van der Waals surface area contributed by atoms with E-state index in [-0.39, 0.29) is 23.8 Å². The molecule has 0 atom stereocenters. The van der Waals surface area contributed by atoms with Gasteiger partial charge >= 0.3 is 0 Å². The first-order valence-electron chi connectivity index (χ1n) is 10.3. The summed E-state index contributed by atoms with van der Waals surface area (Å²) in [6.45, 7) is 9.97. The summed E-state index contributed by atoms with van der Waals surface area (Å²) in [5.41, 5.74) is 3.62. The Morgan fingerprint density at radius 3 is 2.21 bits per heavy atom. The molecule has 0 radical (unpaired) electrons. The Morgan fingerprint density at radius 1 is 1.00 bits per heavy atom. The van der Waals surface area contributed by atoms with E-state index >= 15 is 0 Å². The van der Waals surface area contributed by atoms with Gasteiger partial charge in [-0.15, -0.1) is 0 Å². The molecule has 1 aliphatic heterocycles. The SMILES string of the molecule is CC(=O)N(CC(=O)Nc1ccc(N2CCCC2)cc1)c1ccccc1C(C)(C)C. The van der Waals surface area contributed by atoms with Crippen molar-refractivity contribution in [2.45, 2.75) is 46.0 Å². The summed E-state index contributed by atoms with van der Waals surface area (Å²) in [6, 6.07) is 15.7. The van der Waals surface area contributed by atoms with Crippen molar-refractivity contribution >= 4 is 28.9 Å². The summed E-state index contributed by atoms with van der Waals surface area (Å²) in [5, 5.41) is 2.92. The van der Waals surface area contributed by atoms with E-state index in [9.17, 15) is 9.59 Å². The zero-order valence-electron chi connectivity index (χ0n) is 17.9. The van der Waals surface area contributed by atoms with Crippen LogP contribution in [0.4, 0.5) is 17.1 Å². The minimum atomic E-state index is -0.210. The van der Waals surface area contributed by atoms with Crippen LogP contribution in [0, 0.1) is 0 Å². The lowest BCUT2D eigenvalue weighted by Crippen LogP contribution is -2.38. The minimum absolute atomic E-state index is 0.0176. The molecule has 29 heavy (non-hydrogen) atoms. The van der Waals surface area contributed by atoms with Gasteiger partial charge in [0.2, 0.25) is 11.8 Å². The van der Waals surface area contributed by atoms with Crippen LogP contribution in [0.1, 0.15) is 46.1 Å². The van der Waals surface area contributed by atoms with E-state index in [1.165, 1.54) is 25.5 Å². The molecular weight excluding hydrogens is 362 g/mol. The summed E-state index contributed by atoms with van der Waals surface area (Å²) >= 11 is 0. The second-order valence-corrected chi connectivity index (χ2v) is 8.66. The fourth-order valence-corrected chi connectivity index (χ4v) is 3.78. The number of anilines is 3. The van der Waals surface area contributed by atoms with Crippen molar-refractivity contribution in [2.24, 2.45) is 0 Å². The van der Waals surface area contributed by atoms with Crippen LogP contribution in [-0.2, 0) is 15.0 Å². The third-order valence-electron chi connectivity index (χ3n) is 5.31. The molecule has 1 heterocycles.